The van der Waals surface area contributed by atoms with Crippen molar-refractivity contribution in [3.05, 3.63) is 287 Å². The summed E-state index contributed by atoms with van der Waals surface area (Å²) in [5.74, 6) is 6.14. The van der Waals surface area contributed by atoms with Gasteiger partial charge in [0.05, 0.1) is 58.1 Å². The fourth-order valence-electron chi connectivity index (χ4n) is 20.0. The molecule has 4 fully saturated rings. The number of aryl methyl sites for hydroxylation is 3. The highest BCUT2D eigenvalue weighted by atomic mass is 19.1. The number of imidazole rings is 5. The van der Waals surface area contributed by atoms with E-state index in [1.165, 1.54) is 75.1 Å². The monoisotopic (exact) mass is 1990 g/mol. The Balaban J connectivity index is 0.000000138. The Morgan fingerprint density at radius 2 is 0.721 bits per heavy atom. The first-order valence-electron chi connectivity index (χ1n) is 53.4. The highest BCUT2D eigenvalue weighted by molar-refractivity contribution is 5.97. The molecule has 4 saturated carbocycles. The normalized spacial score (nSPS) is 13.7. The number of halogens is 2. The van der Waals surface area contributed by atoms with Crippen LogP contribution in [0, 0.1) is 43.2 Å². The molecular weight excluding hydrogens is 1850 g/mol. The predicted molar refractivity (Wildman–Crippen MR) is 575 cm³/mol. The van der Waals surface area contributed by atoms with Gasteiger partial charge in [-0.25, -0.2) is 58.6 Å². The van der Waals surface area contributed by atoms with Crippen LogP contribution in [0.5, 0.6) is 11.5 Å². The molecule has 0 bridgehead atoms. The topological polar surface area (TPSA) is 274 Å². The Hall–Kier alpha value is -14.0. The zero-order chi connectivity index (χ0) is 103. The number of carbonyl (C=O) groups is 5. The molecule has 0 unspecified atom stereocenters. The van der Waals surface area contributed by atoms with E-state index in [0.29, 0.717) is 118 Å². The summed E-state index contributed by atoms with van der Waals surface area (Å²) >= 11 is 0. The zero-order valence-electron chi connectivity index (χ0n) is 87.9. The summed E-state index contributed by atoms with van der Waals surface area (Å²) < 4.78 is 50.1. The van der Waals surface area contributed by atoms with E-state index in [1.54, 1.807) is 72.9 Å². The van der Waals surface area contributed by atoms with Crippen LogP contribution in [-0.4, -0.2) is 174 Å². The van der Waals surface area contributed by atoms with Gasteiger partial charge in [0.15, 0.2) is 28.2 Å². The Morgan fingerprint density at radius 3 is 1.14 bits per heavy atom. The lowest BCUT2D eigenvalue weighted by molar-refractivity contribution is 0.0721. The molecule has 0 saturated heterocycles. The first-order valence-corrected chi connectivity index (χ1v) is 53.4. The van der Waals surface area contributed by atoms with Gasteiger partial charge in [0, 0.05) is 112 Å². The molecule has 10 aromatic heterocycles. The van der Waals surface area contributed by atoms with E-state index in [2.05, 4.69) is 110 Å². The van der Waals surface area contributed by atoms with Gasteiger partial charge in [-0.05, 0) is 272 Å². The Kier molecular flexibility index (Phi) is 38.2. The number of pyridine rings is 5. The van der Waals surface area contributed by atoms with Crippen LogP contribution < -0.4 is 9.47 Å². The highest BCUT2D eigenvalue weighted by Gasteiger charge is 2.34. The number of ether oxygens (including phenoxy) is 2. The third kappa shape index (κ3) is 27.5. The number of unbranched alkanes of at least 4 members (excludes halogenated alkanes) is 3. The van der Waals surface area contributed by atoms with Crippen molar-refractivity contribution < 1.29 is 42.2 Å². The molecule has 0 aliphatic heterocycles. The second kappa shape index (κ2) is 52.4. The van der Waals surface area contributed by atoms with Crippen molar-refractivity contribution in [2.45, 2.75) is 281 Å². The third-order valence-corrected chi connectivity index (χ3v) is 28.4. The predicted octanol–water partition coefficient (Wildman–Crippen LogP) is 24.9. The van der Waals surface area contributed by atoms with Gasteiger partial charge in [-0.15, -0.1) is 0 Å². The summed E-state index contributed by atoms with van der Waals surface area (Å²) in [5, 5.41) is 0. The minimum absolute atomic E-state index is 0.0116. The number of aromatic nitrogens is 15. The molecule has 4 aliphatic carbocycles. The van der Waals surface area contributed by atoms with E-state index >= 15 is 0 Å². The fraction of sp³-hybridized carbons (Fsp3) is 0.449. The van der Waals surface area contributed by atoms with Crippen LogP contribution in [0.3, 0.4) is 0 Å². The molecule has 774 valence electrons. The van der Waals surface area contributed by atoms with E-state index in [9.17, 15) is 32.8 Å². The van der Waals surface area contributed by atoms with E-state index < -0.39 is 11.6 Å². The average Bonchev–Trinajstić information content (AvgIpc) is 1.61. The molecule has 0 atom stereocenters. The molecule has 0 radical (unpaired) electrons. The minimum Gasteiger partial charge on any atom is -0.497 e. The van der Waals surface area contributed by atoms with E-state index in [0.717, 1.165) is 211 Å². The molecule has 0 spiro atoms. The number of carbonyl (C=O) groups excluding carboxylic acids is 5. The summed E-state index contributed by atoms with van der Waals surface area (Å²) in [6, 6.07) is 53.7. The Bertz CT molecular complexity index is 6880. The van der Waals surface area contributed by atoms with Gasteiger partial charge in [-0.1, -0.05) is 150 Å². The second-order valence-electron chi connectivity index (χ2n) is 40.3. The minimum atomic E-state index is -0.489. The van der Waals surface area contributed by atoms with E-state index in [-0.39, 0.29) is 40.7 Å². The summed E-state index contributed by atoms with van der Waals surface area (Å²) in [5.41, 5.74) is 13.5. The van der Waals surface area contributed by atoms with Gasteiger partial charge in [0.1, 0.15) is 79.8 Å². The number of rotatable bonds is 39. The SMILES string of the molecule is CCCCCN(Cc1nc2cccnc2n1C1CCCC1)C(=O)c1ccccc1F.CCCCN(Cc1nc2cccnc2n1C1CCCC1)C(=O)c1ccc(OC)cc1.CCCN(Cc1nc2cccnc2n1CC1CC1)C(=O)c1ccccc1F.CCCn1c(CN(CCC(C)C)C(=O)c2ccc(C)c(C)c2)nc2cccnc21.COc1cccc(C(=O)N(CCC(C)C)Cc2nc3cccnc3n2C2CCCC2)c1. The van der Waals surface area contributed by atoms with Crippen LogP contribution in [0.4, 0.5) is 8.78 Å². The van der Waals surface area contributed by atoms with Crippen LogP contribution in [0.25, 0.3) is 55.8 Å². The number of hydrogen-bond acceptors (Lipinski definition) is 17. The lowest BCUT2D eigenvalue weighted by Gasteiger charge is -2.25. The summed E-state index contributed by atoms with van der Waals surface area (Å²) in [4.78, 5) is 123. The molecule has 0 N–H and O–H groups in total. The Morgan fingerprint density at radius 1 is 0.347 bits per heavy atom. The standard InChI is InChI=1S/C25H32N4O2.C24H29FN4O.C24H30N4O2.C24H32N4O.C21H23FN4O/c1-18(2)13-15-28(25(30)19-8-6-11-21(16-19)31-3)17-23-27-22-12-7-14-26-24(22)29(23)20-9-4-5-10-20;1-2-3-8-16-28(24(30)19-12-6-7-13-20(19)25)17-22-27-21-14-9-15-26-23(21)29(22)18-10-4-5-11-18;1-3-4-16-27(24(29)18-11-13-20(30-2)14-12-18)17-22-26-21-10-7-15-25-23(21)28(22)19-8-5-6-9-19;1-6-13-28-22(26-21-8-7-12-25-23(21)28)16-27(14-11-17(2)3)24(29)20-10-9-18(4)19(5)15-20;1-2-12-25(21(27)16-6-3-4-7-17(16)22)14-19-24-18-8-5-11-23-20(18)26(19)13-15-9-10-15/h6-8,11-12,14,16,18,20H,4-5,9-10,13,15,17H2,1-3H3;6-7,9,12-15,18H,2-5,8,10-11,16-17H2,1H3;7,10-15,19H,3-6,8-9,16-17H2,1-2H3;7-10,12,15,17H,6,11,13-14,16H2,1-5H3;3-8,11,15H,2,9-10,12-14H2,1H3. The maximum atomic E-state index is 14.3. The quantitative estimate of drug-likeness (QED) is 0.0324. The van der Waals surface area contributed by atoms with Crippen molar-refractivity contribution in [3.8, 4) is 11.5 Å². The second-order valence-corrected chi connectivity index (χ2v) is 40.3. The number of hydrogen-bond donors (Lipinski definition) is 0. The molecule has 10 heterocycles. The van der Waals surface area contributed by atoms with Gasteiger partial charge in [0.25, 0.3) is 29.5 Å². The molecule has 19 rings (SSSR count). The maximum Gasteiger partial charge on any atom is 0.257 e. The molecule has 15 aromatic rings. The van der Waals surface area contributed by atoms with E-state index in [1.807, 2.05) is 161 Å². The molecular formula is C118H146F2N20O7. The van der Waals surface area contributed by atoms with Crippen LogP contribution in [-0.2, 0) is 45.8 Å². The lowest BCUT2D eigenvalue weighted by Crippen LogP contribution is -2.33. The van der Waals surface area contributed by atoms with Crippen LogP contribution in [0.2, 0.25) is 0 Å². The van der Waals surface area contributed by atoms with Gasteiger partial charge in [-0.3, -0.25) is 24.0 Å². The van der Waals surface area contributed by atoms with Crippen molar-refractivity contribution in [2.75, 3.05) is 46.9 Å². The van der Waals surface area contributed by atoms with Crippen molar-refractivity contribution >= 4 is 85.4 Å². The summed E-state index contributed by atoms with van der Waals surface area (Å²) in [6.07, 6.45) is 34.3. The smallest absolute Gasteiger partial charge is 0.257 e. The largest absolute Gasteiger partial charge is 0.497 e. The highest BCUT2D eigenvalue weighted by Crippen LogP contribution is 2.39. The summed E-state index contributed by atoms with van der Waals surface area (Å²) in [7, 11) is 3.25. The van der Waals surface area contributed by atoms with Gasteiger partial charge in [0.2, 0.25) is 0 Å². The van der Waals surface area contributed by atoms with Gasteiger partial charge >= 0.3 is 0 Å². The molecule has 5 amide bonds. The van der Waals surface area contributed by atoms with Crippen LogP contribution in [0.1, 0.15) is 313 Å². The molecule has 27 nitrogen and oxygen atoms in total. The number of methoxy groups -OCH3 is 2. The number of nitrogens with zero attached hydrogens (tertiary/aromatic N) is 20. The molecule has 147 heavy (non-hydrogen) atoms. The maximum absolute atomic E-state index is 14.3. The van der Waals surface area contributed by atoms with E-state index in [4.69, 9.17) is 34.4 Å². The Labute approximate surface area is 863 Å². The summed E-state index contributed by atoms with van der Waals surface area (Å²) in [6.45, 7) is 28.5. The zero-order valence-corrected chi connectivity index (χ0v) is 87.9. The average molecular weight is 1990 g/mol. The molecule has 29 heteroatoms. The van der Waals surface area contributed by atoms with Gasteiger partial charge in [-0.2, -0.15) is 0 Å². The van der Waals surface area contributed by atoms with Crippen LogP contribution >= 0.6 is 0 Å². The number of fused-ring (bicyclic) bond motifs is 5. The van der Waals surface area contributed by atoms with Crippen molar-refractivity contribution in [2.24, 2.45) is 17.8 Å². The van der Waals surface area contributed by atoms with Crippen molar-refractivity contribution in [1.82, 2.24) is 97.2 Å². The molecule has 4 aliphatic rings. The van der Waals surface area contributed by atoms with Crippen molar-refractivity contribution in [1.29, 1.82) is 0 Å². The van der Waals surface area contributed by atoms with Gasteiger partial charge < -0.3 is 56.8 Å². The first-order chi connectivity index (χ1) is 71.5. The lowest BCUT2D eigenvalue weighted by atomic mass is 10.0. The first kappa shape index (κ1) is 107. The number of benzene rings is 5. The molecule has 5 aromatic carbocycles. The number of amides is 5. The third-order valence-electron chi connectivity index (χ3n) is 28.4. The van der Waals surface area contributed by atoms with Crippen LogP contribution in [0.15, 0.2) is 207 Å². The fourth-order valence-corrected chi connectivity index (χ4v) is 20.0. The van der Waals surface area contributed by atoms with Crippen molar-refractivity contribution in [3.63, 3.8) is 0 Å².